The lowest BCUT2D eigenvalue weighted by Crippen LogP contribution is -2.16. The number of hydrogen-bond donors (Lipinski definition) is 0. The summed E-state index contributed by atoms with van der Waals surface area (Å²) in [5, 5.41) is 22.2. The SMILES string of the molecule is CCOC(=O)c1c(N(c2cccnc2)c2ncc3cc([N+](=O)[O-])sc3n2)sc([N+](=O)[O-])c1Cl. The van der Waals surface area contributed by atoms with Crippen LogP contribution in [0.4, 0.5) is 26.6 Å². The van der Waals surface area contributed by atoms with E-state index in [9.17, 15) is 25.0 Å². The topological polar surface area (TPSA) is 154 Å². The van der Waals surface area contributed by atoms with Crippen LogP contribution in [0.25, 0.3) is 10.2 Å². The van der Waals surface area contributed by atoms with E-state index in [1.165, 1.54) is 29.6 Å². The van der Waals surface area contributed by atoms with Crippen LogP contribution in [0.15, 0.2) is 36.8 Å². The number of nitro groups is 2. The molecule has 0 bridgehead atoms. The van der Waals surface area contributed by atoms with Gasteiger partial charge in [0.05, 0.1) is 28.3 Å². The highest BCUT2D eigenvalue weighted by Gasteiger charge is 2.35. The van der Waals surface area contributed by atoms with Crippen molar-refractivity contribution >= 4 is 77.1 Å². The second kappa shape index (κ2) is 9.01. The number of pyridine rings is 1. The molecule has 0 spiro atoms. The maximum atomic E-state index is 12.7. The fourth-order valence-corrected chi connectivity index (χ4v) is 5.10. The summed E-state index contributed by atoms with van der Waals surface area (Å²) in [5.41, 5.74) is 0.154. The molecule has 12 nitrogen and oxygen atoms in total. The lowest BCUT2D eigenvalue weighted by molar-refractivity contribution is -0.380. The first-order chi connectivity index (χ1) is 15.8. The van der Waals surface area contributed by atoms with Crippen LogP contribution in [0.1, 0.15) is 17.3 Å². The number of ether oxygens (including phenoxy) is 1. The number of rotatable bonds is 7. The van der Waals surface area contributed by atoms with E-state index < -0.39 is 20.8 Å². The predicted octanol–water partition coefficient (Wildman–Crippen LogP) is 5.26. The summed E-state index contributed by atoms with van der Waals surface area (Å²) in [5.74, 6) is -0.853. The van der Waals surface area contributed by atoms with E-state index >= 15 is 0 Å². The van der Waals surface area contributed by atoms with Crippen LogP contribution in [0.2, 0.25) is 5.02 Å². The van der Waals surface area contributed by atoms with Crippen molar-refractivity contribution in [2.24, 2.45) is 0 Å². The van der Waals surface area contributed by atoms with Gasteiger partial charge in [0.15, 0.2) is 0 Å². The normalized spacial score (nSPS) is 10.8. The van der Waals surface area contributed by atoms with Crippen molar-refractivity contribution in [1.82, 2.24) is 15.0 Å². The molecule has 0 saturated heterocycles. The molecular weight excluding hydrogens is 496 g/mol. The minimum absolute atomic E-state index is 0.00520. The molecule has 4 aromatic rings. The third kappa shape index (κ3) is 4.18. The molecule has 33 heavy (non-hydrogen) atoms. The molecule has 168 valence electrons. The number of aromatic nitrogens is 3. The fourth-order valence-electron chi connectivity index (χ4n) is 2.86. The van der Waals surface area contributed by atoms with Crippen molar-refractivity contribution < 1.29 is 19.4 Å². The summed E-state index contributed by atoms with van der Waals surface area (Å²) < 4.78 is 5.07. The quantitative estimate of drug-likeness (QED) is 0.184. The second-order valence-corrected chi connectivity index (χ2v) is 8.56. The summed E-state index contributed by atoms with van der Waals surface area (Å²) in [4.78, 5) is 48.6. The minimum atomic E-state index is -0.858. The van der Waals surface area contributed by atoms with Gasteiger partial charge in [0.2, 0.25) is 5.95 Å². The maximum Gasteiger partial charge on any atom is 0.345 e. The van der Waals surface area contributed by atoms with Crippen LogP contribution < -0.4 is 4.90 Å². The molecule has 0 aliphatic heterocycles. The van der Waals surface area contributed by atoms with E-state index in [0.29, 0.717) is 27.2 Å². The predicted molar refractivity (Wildman–Crippen MR) is 122 cm³/mol. The van der Waals surface area contributed by atoms with Gasteiger partial charge >= 0.3 is 16.0 Å². The minimum Gasteiger partial charge on any atom is -0.462 e. The summed E-state index contributed by atoms with van der Waals surface area (Å²) in [7, 11) is 0. The largest absolute Gasteiger partial charge is 0.462 e. The third-order valence-corrected chi connectivity index (χ3v) is 6.80. The molecule has 0 aromatic carbocycles. The molecule has 0 saturated carbocycles. The summed E-state index contributed by atoms with van der Waals surface area (Å²) in [6.45, 7) is 1.61. The summed E-state index contributed by atoms with van der Waals surface area (Å²) >= 11 is 7.71. The zero-order chi connectivity index (χ0) is 23.7. The Labute approximate surface area is 197 Å². The fraction of sp³-hybridized carbons (Fsp3) is 0.111. The van der Waals surface area contributed by atoms with Gasteiger partial charge in [0, 0.05) is 23.8 Å². The van der Waals surface area contributed by atoms with Gasteiger partial charge in [-0.25, -0.2) is 14.8 Å². The van der Waals surface area contributed by atoms with Crippen molar-refractivity contribution in [3.63, 3.8) is 0 Å². The van der Waals surface area contributed by atoms with Crippen molar-refractivity contribution in [1.29, 1.82) is 0 Å². The van der Waals surface area contributed by atoms with Gasteiger partial charge in [-0.2, -0.15) is 0 Å². The Kier molecular flexibility index (Phi) is 6.13. The highest BCUT2D eigenvalue weighted by Crippen LogP contribution is 2.49. The van der Waals surface area contributed by atoms with E-state index in [1.54, 1.807) is 19.1 Å². The van der Waals surface area contributed by atoms with Gasteiger partial charge in [-0.3, -0.25) is 30.1 Å². The number of halogens is 1. The Bertz CT molecular complexity index is 1390. The molecule has 0 unspecified atom stereocenters. The Balaban J connectivity index is 1.98. The Morgan fingerprint density at radius 1 is 1.24 bits per heavy atom. The highest BCUT2D eigenvalue weighted by atomic mass is 35.5. The molecular formula is C18H11ClN6O6S2. The number of carbonyl (C=O) groups is 1. The lowest BCUT2D eigenvalue weighted by Gasteiger charge is -2.21. The van der Waals surface area contributed by atoms with Crippen molar-refractivity contribution in [2.45, 2.75) is 6.92 Å². The molecule has 0 amide bonds. The number of esters is 1. The van der Waals surface area contributed by atoms with E-state index in [-0.39, 0.29) is 33.1 Å². The zero-order valence-electron chi connectivity index (χ0n) is 16.5. The summed E-state index contributed by atoms with van der Waals surface area (Å²) in [6, 6.07) is 4.59. The van der Waals surface area contributed by atoms with Gasteiger partial charge in [0.25, 0.3) is 0 Å². The van der Waals surface area contributed by atoms with E-state index in [1.807, 2.05) is 0 Å². The third-order valence-electron chi connectivity index (χ3n) is 4.19. The Morgan fingerprint density at radius 3 is 2.67 bits per heavy atom. The molecule has 15 heteroatoms. The summed E-state index contributed by atoms with van der Waals surface area (Å²) in [6.07, 6.45) is 4.35. The van der Waals surface area contributed by atoms with Crippen molar-refractivity contribution in [3.8, 4) is 0 Å². The van der Waals surface area contributed by atoms with Crippen LogP contribution >= 0.6 is 34.3 Å². The number of hydrogen-bond acceptors (Lipinski definition) is 12. The monoisotopic (exact) mass is 506 g/mol. The standard InChI is InChI=1S/C18H11ClN6O6S2/c1-2-31-17(26)12-13(19)16(25(29)30)33-15(12)23(10-4-3-5-20-8-10)18-21-7-9-6-11(24(27)28)32-14(9)22-18/h3-8H,2H2,1H3. The van der Waals surface area contributed by atoms with Crippen molar-refractivity contribution in [3.05, 3.63) is 67.6 Å². The Morgan fingerprint density at radius 2 is 2.03 bits per heavy atom. The van der Waals surface area contributed by atoms with Crippen LogP contribution in [0.3, 0.4) is 0 Å². The highest BCUT2D eigenvalue weighted by molar-refractivity contribution is 7.21. The van der Waals surface area contributed by atoms with Gasteiger partial charge < -0.3 is 4.74 Å². The molecule has 0 N–H and O–H groups in total. The van der Waals surface area contributed by atoms with Gasteiger partial charge in [-0.1, -0.05) is 11.6 Å². The number of thiophene rings is 2. The van der Waals surface area contributed by atoms with E-state index in [4.69, 9.17) is 16.3 Å². The van der Waals surface area contributed by atoms with Gasteiger partial charge in [-0.15, -0.1) is 0 Å². The molecule has 0 aliphatic rings. The van der Waals surface area contributed by atoms with Crippen LogP contribution in [-0.4, -0.2) is 37.4 Å². The van der Waals surface area contributed by atoms with Gasteiger partial charge in [0.1, 0.15) is 20.4 Å². The molecule has 0 atom stereocenters. The van der Waals surface area contributed by atoms with Crippen LogP contribution in [0, 0.1) is 20.2 Å². The van der Waals surface area contributed by atoms with Crippen LogP contribution in [-0.2, 0) is 4.74 Å². The number of carbonyl (C=O) groups excluding carboxylic acids is 1. The second-order valence-electron chi connectivity index (χ2n) is 6.20. The van der Waals surface area contributed by atoms with Gasteiger partial charge in [-0.05, 0) is 41.7 Å². The zero-order valence-corrected chi connectivity index (χ0v) is 18.9. The average molecular weight is 507 g/mol. The molecule has 0 radical (unpaired) electrons. The van der Waals surface area contributed by atoms with Crippen molar-refractivity contribution in [2.75, 3.05) is 11.5 Å². The van der Waals surface area contributed by atoms with E-state index in [0.717, 1.165) is 11.3 Å². The molecule has 4 aromatic heterocycles. The number of fused-ring (bicyclic) bond motifs is 1. The number of nitrogens with zero attached hydrogens (tertiary/aromatic N) is 6. The Hall–Kier alpha value is -3.75. The average Bonchev–Trinajstić information content (AvgIpc) is 3.36. The van der Waals surface area contributed by atoms with Crippen LogP contribution in [0.5, 0.6) is 0 Å². The maximum absolute atomic E-state index is 12.7. The molecule has 4 rings (SSSR count). The molecule has 4 heterocycles. The number of anilines is 3. The first-order valence-electron chi connectivity index (χ1n) is 9.06. The lowest BCUT2D eigenvalue weighted by atomic mass is 10.2. The first kappa shape index (κ1) is 22.4. The van der Waals surface area contributed by atoms with E-state index in [2.05, 4.69) is 15.0 Å². The molecule has 0 aliphatic carbocycles. The molecule has 0 fully saturated rings. The first-order valence-corrected chi connectivity index (χ1v) is 11.1. The smallest absolute Gasteiger partial charge is 0.345 e.